The number of nitrogens with one attached hydrogen (secondary N) is 1. The van der Waals surface area contributed by atoms with Crippen molar-refractivity contribution < 1.29 is 14.3 Å². The highest BCUT2D eigenvalue weighted by molar-refractivity contribution is 5.96. The Balaban J connectivity index is 1.71. The van der Waals surface area contributed by atoms with Gasteiger partial charge in [0.1, 0.15) is 24.2 Å². The zero-order valence-electron chi connectivity index (χ0n) is 13.7. The summed E-state index contributed by atoms with van der Waals surface area (Å²) in [7, 11) is 0. The van der Waals surface area contributed by atoms with Gasteiger partial charge in [0.25, 0.3) is 0 Å². The van der Waals surface area contributed by atoms with Crippen molar-refractivity contribution in [2.75, 3.05) is 25.1 Å². The van der Waals surface area contributed by atoms with Gasteiger partial charge < -0.3 is 14.8 Å². The first kappa shape index (κ1) is 15.5. The number of pyridine rings is 1. The smallest absolute Gasteiger partial charge is 0.232 e. The number of hydrogen-bond donors (Lipinski definition) is 1. The average molecular weight is 339 g/mol. The van der Waals surface area contributed by atoms with Crippen LogP contribution < -0.4 is 10.1 Å². The Kier molecular flexibility index (Phi) is 4.02. The van der Waals surface area contributed by atoms with Crippen molar-refractivity contribution in [1.29, 1.82) is 0 Å². The third-order valence-corrected chi connectivity index (χ3v) is 4.02. The third kappa shape index (κ3) is 3.03. The minimum atomic E-state index is -0.0729. The van der Waals surface area contributed by atoms with Gasteiger partial charge in [-0.3, -0.25) is 9.36 Å². The molecule has 3 heterocycles. The summed E-state index contributed by atoms with van der Waals surface area (Å²) in [4.78, 5) is 16.7. The van der Waals surface area contributed by atoms with Crippen LogP contribution in [0.5, 0.6) is 5.75 Å². The molecule has 4 rings (SSSR count). The van der Waals surface area contributed by atoms with Gasteiger partial charge in [-0.15, -0.1) is 10.2 Å². The maximum absolute atomic E-state index is 12.1. The monoisotopic (exact) mass is 339 g/mol. The Bertz CT molecular complexity index is 906. The highest BCUT2D eigenvalue weighted by Crippen LogP contribution is 2.30. The van der Waals surface area contributed by atoms with Gasteiger partial charge in [0.05, 0.1) is 31.3 Å². The van der Waals surface area contributed by atoms with E-state index in [1.807, 2.05) is 31.2 Å². The van der Waals surface area contributed by atoms with Crippen molar-refractivity contribution in [2.24, 2.45) is 5.92 Å². The van der Waals surface area contributed by atoms with E-state index in [2.05, 4.69) is 20.5 Å². The van der Waals surface area contributed by atoms with Crippen molar-refractivity contribution in [3.8, 4) is 11.6 Å². The molecule has 128 valence electrons. The average Bonchev–Trinajstić information content (AvgIpc) is 3.08. The summed E-state index contributed by atoms with van der Waals surface area (Å²) in [6.07, 6.45) is 3.17. The minimum Gasteiger partial charge on any atom is -0.493 e. The maximum atomic E-state index is 12.1. The molecule has 1 aromatic carbocycles. The molecule has 2 aromatic heterocycles. The number of anilines is 1. The van der Waals surface area contributed by atoms with Crippen LogP contribution in [0, 0.1) is 5.92 Å². The molecule has 1 saturated heterocycles. The fourth-order valence-corrected chi connectivity index (χ4v) is 2.62. The summed E-state index contributed by atoms with van der Waals surface area (Å²) in [5, 5.41) is 11.4. The molecule has 25 heavy (non-hydrogen) atoms. The normalized spacial score (nSPS) is 14.3. The Morgan fingerprint density at radius 1 is 1.32 bits per heavy atom. The van der Waals surface area contributed by atoms with E-state index >= 15 is 0 Å². The molecule has 1 fully saturated rings. The zero-order chi connectivity index (χ0) is 17.2. The largest absolute Gasteiger partial charge is 0.493 e. The number of rotatable bonds is 5. The first-order chi connectivity index (χ1) is 12.2. The number of ether oxygens (including phenoxy) is 2. The SMILES string of the molecule is CCOc1cc(-n2cnnc2)nc2ccc(NC(=O)C3COC3)cc12. The lowest BCUT2D eigenvalue weighted by atomic mass is 10.1. The lowest BCUT2D eigenvalue weighted by Gasteiger charge is -2.24. The minimum absolute atomic E-state index is 0.0300. The molecule has 0 radical (unpaired) electrons. The van der Waals surface area contributed by atoms with Crippen LogP contribution in [0.25, 0.3) is 16.7 Å². The van der Waals surface area contributed by atoms with Crippen LogP contribution in [-0.4, -0.2) is 45.5 Å². The van der Waals surface area contributed by atoms with Crippen molar-refractivity contribution in [3.63, 3.8) is 0 Å². The van der Waals surface area contributed by atoms with Crippen LogP contribution in [-0.2, 0) is 9.53 Å². The quantitative estimate of drug-likeness (QED) is 0.762. The van der Waals surface area contributed by atoms with Crippen molar-refractivity contribution in [3.05, 3.63) is 36.9 Å². The molecule has 0 unspecified atom stereocenters. The van der Waals surface area contributed by atoms with E-state index in [0.717, 1.165) is 10.9 Å². The predicted octanol–water partition coefficient (Wildman–Crippen LogP) is 1.80. The van der Waals surface area contributed by atoms with Gasteiger partial charge in [0.15, 0.2) is 0 Å². The van der Waals surface area contributed by atoms with Crippen LogP contribution in [0.3, 0.4) is 0 Å². The van der Waals surface area contributed by atoms with E-state index in [9.17, 15) is 4.79 Å². The first-order valence-electron chi connectivity index (χ1n) is 8.06. The molecule has 0 spiro atoms. The predicted molar refractivity (Wildman–Crippen MR) is 90.8 cm³/mol. The van der Waals surface area contributed by atoms with Crippen LogP contribution >= 0.6 is 0 Å². The Hall–Kier alpha value is -3.00. The van der Waals surface area contributed by atoms with Crippen molar-refractivity contribution >= 4 is 22.5 Å². The Morgan fingerprint density at radius 3 is 2.80 bits per heavy atom. The second kappa shape index (κ2) is 6.48. The van der Waals surface area contributed by atoms with E-state index in [1.165, 1.54) is 0 Å². The number of nitrogens with zero attached hydrogens (tertiary/aromatic N) is 4. The molecular formula is C17H17N5O3. The van der Waals surface area contributed by atoms with Crippen LogP contribution in [0.15, 0.2) is 36.9 Å². The molecule has 0 saturated carbocycles. The number of amides is 1. The van der Waals surface area contributed by atoms with Gasteiger partial charge in [-0.1, -0.05) is 0 Å². The summed E-state index contributed by atoms with van der Waals surface area (Å²) in [6.45, 7) is 3.41. The van der Waals surface area contributed by atoms with E-state index < -0.39 is 0 Å². The highest BCUT2D eigenvalue weighted by atomic mass is 16.5. The zero-order valence-corrected chi connectivity index (χ0v) is 13.7. The van der Waals surface area contributed by atoms with Gasteiger partial charge in [-0.25, -0.2) is 4.98 Å². The molecule has 0 atom stereocenters. The molecule has 1 aliphatic rings. The van der Waals surface area contributed by atoms with Crippen LogP contribution in [0.2, 0.25) is 0 Å². The summed E-state index contributed by atoms with van der Waals surface area (Å²) in [6, 6.07) is 7.40. The van der Waals surface area contributed by atoms with Crippen molar-refractivity contribution in [2.45, 2.75) is 6.92 Å². The highest BCUT2D eigenvalue weighted by Gasteiger charge is 2.26. The lowest BCUT2D eigenvalue weighted by Crippen LogP contribution is -2.38. The van der Waals surface area contributed by atoms with Crippen LogP contribution in [0.4, 0.5) is 5.69 Å². The molecule has 1 amide bonds. The second-order valence-corrected chi connectivity index (χ2v) is 5.74. The van der Waals surface area contributed by atoms with E-state index in [1.54, 1.807) is 17.2 Å². The number of benzene rings is 1. The topological polar surface area (TPSA) is 91.2 Å². The fraction of sp³-hybridized carbons (Fsp3) is 0.294. The molecule has 1 N–H and O–H groups in total. The van der Waals surface area contributed by atoms with Crippen LogP contribution in [0.1, 0.15) is 6.92 Å². The second-order valence-electron chi connectivity index (χ2n) is 5.74. The molecular weight excluding hydrogens is 322 g/mol. The molecule has 0 aliphatic carbocycles. The molecule has 1 aliphatic heterocycles. The van der Waals surface area contributed by atoms with Gasteiger partial charge in [-0.2, -0.15) is 0 Å². The standard InChI is InChI=1S/C17H17N5O3/c1-2-25-15-6-16(22-9-18-19-10-22)21-14-4-3-12(5-13(14)15)20-17(23)11-7-24-8-11/h3-6,9-11H,2,7-8H2,1H3,(H,20,23). The number of carbonyl (C=O) groups is 1. The van der Waals surface area contributed by atoms with Crippen molar-refractivity contribution in [1.82, 2.24) is 19.7 Å². The number of aromatic nitrogens is 4. The van der Waals surface area contributed by atoms with Gasteiger partial charge in [-0.05, 0) is 25.1 Å². The molecule has 3 aromatic rings. The maximum Gasteiger partial charge on any atom is 0.232 e. The van der Waals surface area contributed by atoms with E-state index in [0.29, 0.717) is 37.1 Å². The van der Waals surface area contributed by atoms with Gasteiger partial charge in [0.2, 0.25) is 5.91 Å². The first-order valence-corrected chi connectivity index (χ1v) is 8.06. The van der Waals surface area contributed by atoms with Gasteiger partial charge in [0, 0.05) is 17.1 Å². The third-order valence-electron chi connectivity index (χ3n) is 4.02. The number of carbonyl (C=O) groups excluding carboxylic acids is 1. The Labute approximate surface area is 143 Å². The summed E-state index contributed by atoms with van der Waals surface area (Å²) < 4.78 is 12.5. The lowest BCUT2D eigenvalue weighted by molar-refractivity contribution is -0.133. The Morgan fingerprint density at radius 2 is 2.12 bits per heavy atom. The molecule has 8 nitrogen and oxygen atoms in total. The summed E-state index contributed by atoms with van der Waals surface area (Å²) in [5.74, 6) is 1.26. The molecule has 0 bridgehead atoms. The number of hydrogen-bond acceptors (Lipinski definition) is 6. The van der Waals surface area contributed by atoms with Gasteiger partial charge >= 0.3 is 0 Å². The summed E-state index contributed by atoms with van der Waals surface area (Å²) in [5.41, 5.74) is 1.48. The van der Waals surface area contributed by atoms with E-state index in [4.69, 9.17) is 9.47 Å². The van der Waals surface area contributed by atoms with E-state index in [-0.39, 0.29) is 11.8 Å². The number of fused-ring (bicyclic) bond motifs is 1. The fourth-order valence-electron chi connectivity index (χ4n) is 2.62. The molecule has 8 heteroatoms. The summed E-state index contributed by atoms with van der Waals surface area (Å²) >= 11 is 0.